The van der Waals surface area contributed by atoms with Gasteiger partial charge in [0.25, 0.3) is 0 Å². The van der Waals surface area contributed by atoms with Crippen molar-refractivity contribution in [1.29, 1.82) is 0 Å². The van der Waals surface area contributed by atoms with E-state index in [-0.39, 0.29) is 5.41 Å². The maximum absolute atomic E-state index is 6.15. The zero-order chi connectivity index (χ0) is 14.9. The van der Waals surface area contributed by atoms with E-state index in [9.17, 15) is 0 Å². The van der Waals surface area contributed by atoms with Gasteiger partial charge in [-0.1, -0.05) is 37.3 Å². The van der Waals surface area contributed by atoms with Gasteiger partial charge >= 0.3 is 0 Å². The van der Waals surface area contributed by atoms with Crippen LogP contribution in [0.25, 0.3) is 0 Å². The van der Waals surface area contributed by atoms with Gasteiger partial charge in [-0.25, -0.2) is 0 Å². The van der Waals surface area contributed by atoms with E-state index < -0.39 is 0 Å². The first-order valence-corrected chi connectivity index (χ1v) is 8.58. The lowest BCUT2D eigenvalue weighted by molar-refractivity contribution is 0.159. The monoisotopic (exact) mass is 300 g/mol. The van der Waals surface area contributed by atoms with Gasteiger partial charge in [0.15, 0.2) is 0 Å². The van der Waals surface area contributed by atoms with Crippen molar-refractivity contribution in [2.45, 2.75) is 31.7 Å². The van der Waals surface area contributed by atoms with E-state index in [0.29, 0.717) is 12.6 Å². The SMILES string of the molecule is CC1c2ccsc2CCN1CC(C)(CN)c1ccccc1. The molecule has 1 aliphatic heterocycles. The van der Waals surface area contributed by atoms with Gasteiger partial charge in [0.1, 0.15) is 0 Å². The van der Waals surface area contributed by atoms with Crippen LogP contribution in [0.3, 0.4) is 0 Å². The van der Waals surface area contributed by atoms with E-state index in [0.717, 1.165) is 13.1 Å². The van der Waals surface area contributed by atoms with Crippen molar-refractivity contribution in [3.8, 4) is 0 Å². The number of nitrogens with zero attached hydrogens (tertiary/aromatic N) is 1. The smallest absolute Gasteiger partial charge is 0.0331 e. The highest BCUT2D eigenvalue weighted by Gasteiger charge is 2.32. The molecule has 21 heavy (non-hydrogen) atoms. The zero-order valence-corrected chi connectivity index (χ0v) is 13.7. The molecule has 2 N–H and O–H groups in total. The quantitative estimate of drug-likeness (QED) is 0.935. The third-order valence-corrected chi connectivity index (χ3v) is 5.87. The minimum absolute atomic E-state index is 0.0169. The second-order valence-electron chi connectivity index (χ2n) is 6.33. The molecule has 0 radical (unpaired) electrons. The van der Waals surface area contributed by atoms with Gasteiger partial charge in [-0.05, 0) is 35.9 Å². The van der Waals surface area contributed by atoms with Crippen molar-refractivity contribution in [2.75, 3.05) is 19.6 Å². The fourth-order valence-corrected chi connectivity index (χ4v) is 4.30. The summed E-state index contributed by atoms with van der Waals surface area (Å²) >= 11 is 1.90. The minimum Gasteiger partial charge on any atom is -0.330 e. The van der Waals surface area contributed by atoms with Crippen molar-refractivity contribution in [3.63, 3.8) is 0 Å². The van der Waals surface area contributed by atoms with Gasteiger partial charge in [-0.15, -0.1) is 11.3 Å². The Morgan fingerprint density at radius 2 is 2.05 bits per heavy atom. The number of rotatable bonds is 4. The Balaban J connectivity index is 1.82. The molecule has 1 aromatic heterocycles. The molecule has 0 bridgehead atoms. The third-order valence-electron chi connectivity index (χ3n) is 4.88. The molecule has 0 saturated heterocycles. The van der Waals surface area contributed by atoms with Crippen LogP contribution in [0.5, 0.6) is 0 Å². The highest BCUT2D eigenvalue weighted by molar-refractivity contribution is 7.10. The molecule has 2 unspecified atom stereocenters. The molecule has 1 aromatic carbocycles. The van der Waals surface area contributed by atoms with E-state index >= 15 is 0 Å². The Labute approximate surface area is 131 Å². The number of nitrogens with two attached hydrogens (primary N) is 1. The van der Waals surface area contributed by atoms with Gasteiger partial charge in [0.2, 0.25) is 0 Å². The summed E-state index contributed by atoms with van der Waals surface area (Å²) in [6, 6.07) is 13.5. The van der Waals surface area contributed by atoms with Crippen molar-refractivity contribution in [3.05, 3.63) is 57.8 Å². The van der Waals surface area contributed by atoms with E-state index in [4.69, 9.17) is 5.73 Å². The summed E-state index contributed by atoms with van der Waals surface area (Å²) in [5.41, 5.74) is 9.02. The Morgan fingerprint density at radius 1 is 1.29 bits per heavy atom. The predicted octanol–water partition coefficient (Wildman–Crippen LogP) is 3.58. The molecule has 3 rings (SSSR count). The van der Waals surface area contributed by atoms with Crippen molar-refractivity contribution < 1.29 is 0 Å². The Morgan fingerprint density at radius 3 is 2.76 bits per heavy atom. The first-order valence-electron chi connectivity index (χ1n) is 7.70. The molecule has 0 saturated carbocycles. The second kappa shape index (κ2) is 5.91. The van der Waals surface area contributed by atoms with Crippen molar-refractivity contribution >= 4 is 11.3 Å². The van der Waals surface area contributed by atoms with E-state index in [1.165, 1.54) is 17.5 Å². The van der Waals surface area contributed by atoms with Crippen LogP contribution in [0.4, 0.5) is 0 Å². The molecule has 3 heteroatoms. The largest absolute Gasteiger partial charge is 0.330 e. The molecule has 2 aromatic rings. The maximum atomic E-state index is 6.15. The highest BCUT2D eigenvalue weighted by Crippen LogP contribution is 2.35. The van der Waals surface area contributed by atoms with Crippen LogP contribution in [0, 0.1) is 0 Å². The van der Waals surface area contributed by atoms with Crippen LogP contribution in [-0.2, 0) is 11.8 Å². The number of fused-ring (bicyclic) bond motifs is 1. The standard InChI is InChI=1S/C18H24N2S/c1-14-16-9-11-21-17(16)8-10-20(14)13-18(2,12-19)15-6-4-3-5-7-15/h3-7,9,11,14H,8,10,12-13,19H2,1-2H3. The second-order valence-corrected chi connectivity index (χ2v) is 7.33. The molecule has 1 aliphatic rings. The third kappa shape index (κ3) is 2.78. The summed E-state index contributed by atoms with van der Waals surface area (Å²) < 4.78 is 0. The lowest BCUT2D eigenvalue weighted by Crippen LogP contribution is -2.46. The predicted molar refractivity (Wildman–Crippen MR) is 90.9 cm³/mol. The first-order chi connectivity index (χ1) is 10.1. The molecule has 0 fully saturated rings. The van der Waals surface area contributed by atoms with Gasteiger partial charge < -0.3 is 5.73 Å². The van der Waals surface area contributed by atoms with Crippen LogP contribution < -0.4 is 5.73 Å². The molecule has 112 valence electrons. The van der Waals surface area contributed by atoms with Gasteiger partial charge in [0, 0.05) is 36.0 Å². The molecular weight excluding hydrogens is 276 g/mol. The molecule has 2 nitrogen and oxygen atoms in total. The molecule has 0 amide bonds. The van der Waals surface area contributed by atoms with Crippen LogP contribution in [0.2, 0.25) is 0 Å². The van der Waals surface area contributed by atoms with Crippen molar-refractivity contribution in [2.24, 2.45) is 5.73 Å². The summed E-state index contributed by atoms with van der Waals surface area (Å²) in [4.78, 5) is 4.16. The van der Waals surface area contributed by atoms with Gasteiger partial charge in [-0.3, -0.25) is 4.90 Å². The molecule has 0 spiro atoms. The van der Waals surface area contributed by atoms with E-state index in [1.807, 2.05) is 11.3 Å². The summed E-state index contributed by atoms with van der Waals surface area (Å²) in [7, 11) is 0. The van der Waals surface area contributed by atoms with E-state index in [2.05, 4.69) is 60.5 Å². The molecule has 2 heterocycles. The minimum atomic E-state index is 0.0169. The Hall–Kier alpha value is -1.16. The Kier molecular flexibility index (Phi) is 4.16. The lowest BCUT2D eigenvalue weighted by Gasteiger charge is -2.40. The number of benzene rings is 1. The molecule has 0 aliphatic carbocycles. The van der Waals surface area contributed by atoms with Crippen molar-refractivity contribution in [1.82, 2.24) is 4.90 Å². The summed E-state index contributed by atoms with van der Waals surface area (Å²) in [6.45, 7) is 7.45. The van der Waals surface area contributed by atoms with Gasteiger partial charge in [-0.2, -0.15) is 0 Å². The fraction of sp³-hybridized carbons (Fsp3) is 0.444. The van der Waals surface area contributed by atoms with Crippen LogP contribution in [-0.4, -0.2) is 24.5 Å². The summed E-state index contributed by atoms with van der Waals surface area (Å²) in [5, 5.41) is 2.23. The summed E-state index contributed by atoms with van der Waals surface area (Å²) in [6.07, 6.45) is 1.17. The lowest BCUT2D eigenvalue weighted by atomic mass is 9.81. The van der Waals surface area contributed by atoms with Crippen LogP contribution in [0.15, 0.2) is 41.8 Å². The van der Waals surface area contributed by atoms with Crippen LogP contribution in [0.1, 0.15) is 35.9 Å². The summed E-state index contributed by atoms with van der Waals surface area (Å²) in [5.74, 6) is 0. The van der Waals surface area contributed by atoms with Gasteiger partial charge in [0.05, 0.1) is 0 Å². The topological polar surface area (TPSA) is 29.3 Å². The first kappa shape index (κ1) is 14.8. The fourth-order valence-electron chi connectivity index (χ4n) is 3.34. The number of hydrogen-bond donors (Lipinski definition) is 1. The van der Waals surface area contributed by atoms with E-state index in [1.54, 1.807) is 4.88 Å². The zero-order valence-electron chi connectivity index (χ0n) is 12.9. The normalized spacial score (nSPS) is 21.8. The average Bonchev–Trinajstić information content (AvgIpc) is 3.00. The molecular formula is C18H24N2S. The van der Waals surface area contributed by atoms with Crippen LogP contribution >= 0.6 is 11.3 Å². The maximum Gasteiger partial charge on any atom is 0.0331 e. The highest BCUT2D eigenvalue weighted by atomic mass is 32.1. The average molecular weight is 300 g/mol. The number of hydrogen-bond acceptors (Lipinski definition) is 3. The Bertz CT molecular complexity index is 592. The number of thiophene rings is 1. The molecule has 2 atom stereocenters.